The van der Waals surface area contributed by atoms with Crippen molar-refractivity contribution in [2.75, 3.05) is 31.6 Å². The molecular formula is C40H72N14O12S. The molecule has 0 aromatic heterocycles. The van der Waals surface area contributed by atoms with Crippen molar-refractivity contribution < 1.29 is 58.2 Å². The summed E-state index contributed by atoms with van der Waals surface area (Å²) in [7, 11) is 0. The first kappa shape index (κ1) is 59.2. The molecule has 0 aliphatic carbocycles. The molecule has 67 heavy (non-hydrogen) atoms. The maximum atomic E-state index is 14.4. The van der Waals surface area contributed by atoms with E-state index in [4.69, 9.17) is 34.4 Å². The molecule has 10 unspecified atom stereocenters. The van der Waals surface area contributed by atoms with Crippen molar-refractivity contribution in [1.29, 1.82) is 0 Å². The maximum Gasteiger partial charge on any atom is 0.326 e. The van der Waals surface area contributed by atoms with Gasteiger partial charge in [0.25, 0.3) is 0 Å². The highest BCUT2D eigenvalue weighted by molar-refractivity contribution is 7.98. The van der Waals surface area contributed by atoms with E-state index < -0.39 is 132 Å². The lowest BCUT2D eigenvalue weighted by molar-refractivity contribution is -0.144. The lowest BCUT2D eigenvalue weighted by Gasteiger charge is -2.33. The first-order valence-corrected chi connectivity index (χ1v) is 23.5. The van der Waals surface area contributed by atoms with Crippen LogP contribution in [0.1, 0.15) is 91.4 Å². The number of nitrogens with zero attached hydrogens (tertiary/aromatic N) is 2. The van der Waals surface area contributed by atoms with Gasteiger partial charge in [-0.25, -0.2) is 4.79 Å². The Balaban J connectivity index is 3.43. The number of carbonyl (C=O) groups excluding carboxylic acids is 9. The number of aliphatic hydroxyl groups excluding tert-OH is 1. The molecule has 0 radical (unpaired) electrons. The van der Waals surface area contributed by atoms with Gasteiger partial charge in [-0.05, 0) is 82.8 Å². The molecule has 10 atom stereocenters. The van der Waals surface area contributed by atoms with Crippen molar-refractivity contribution in [2.45, 2.75) is 146 Å². The number of carboxylic acids is 1. The number of unbranched alkanes of at least 4 members (excludes halogenated alkanes) is 1. The second kappa shape index (κ2) is 30.5. The predicted molar refractivity (Wildman–Crippen MR) is 247 cm³/mol. The number of carbonyl (C=O) groups is 10. The minimum atomic E-state index is -1.70. The highest BCUT2D eigenvalue weighted by Crippen LogP contribution is 2.22. The SMILES string of the molecule is CCC(C)C(NC(=O)C(CC(N)=O)NC(=O)C(CCCCN)NC(=O)C(CC(N)=O)NC(=O)C(N)C(C)O)C(=O)N1CCCC1C(=O)NC(CCCN=C(N)N)C(=O)NC(CCSC)C(=O)O. The largest absolute Gasteiger partial charge is 0.480 e. The Labute approximate surface area is 393 Å². The number of aliphatic hydroxyl groups is 1. The van der Waals surface area contributed by atoms with Gasteiger partial charge in [-0.1, -0.05) is 20.3 Å². The fourth-order valence-electron chi connectivity index (χ4n) is 6.84. The number of aliphatic imine (C=N–C) groups is 1. The number of carboxylic acid groups (broad SMARTS) is 1. The molecule has 20 N–H and O–H groups in total. The third-order valence-electron chi connectivity index (χ3n) is 10.9. The standard InChI is InChI=1S/C40H72N14O12S/c1-5-20(2)31(38(64)54-16-9-12-27(54)36(62)49-23(11-8-15-47-40(45)46)32(58)50-24(39(65)66)13-17-67-4)53-35(61)26(19-29(43)57)51-33(59)22(10-6-7-14-41)48-34(60)25(18-28(42)56)52-37(63)30(44)21(3)55/h20-27,30-31,55H,5-19,41,44H2,1-4H3,(H2,42,56)(H2,43,57)(H,48,60)(H,49,62)(H,50,58)(H,51,59)(H,52,63)(H,53,61)(H,65,66)(H4,45,46,47). The fourth-order valence-corrected chi connectivity index (χ4v) is 7.31. The van der Waals surface area contributed by atoms with E-state index >= 15 is 0 Å². The molecule has 27 heteroatoms. The third-order valence-corrected chi connectivity index (χ3v) is 11.5. The first-order valence-electron chi connectivity index (χ1n) is 22.1. The van der Waals surface area contributed by atoms with E-state index in [2.05, 4.69) is 36.9 Å². The van der Waals surface area contributed by atoms with Crippen LogP contribution in [-0.4, -0.2) is 166 Å². The number of rotatable bonds is 32. The molecule has 26 nitrogen and oxygen atoms in total. The lowest BCUT2D eigenvalue weighted by Crippen LogP contribution is -2.61. The van der Waals surface area contributed by atoms with Gasteiger partial charge >= 0.3 is 5.97 Å². The van der Waals surface area contributed by atoms with Crippen LogP contribution in [0.3, 0.4) is 0 Å². The average molecular weight is 973 g/mol. The van der Waals surface area contributed by atoms with Gasteiger partial charge in [-0.15, -0.1) is 0 Å². The van der Waals surface area contributed by atoms with Gasteiger partial charge in [-0.2, -0.15) is 11.8 Å². The first-order chi connectivity index (χ1) is 31.5. The molecule has 1 rings (SSSR count). The van der Waals surface area contributed by atoms with Crippen LogP contribution in [0.25, 0.3) is 0 Å². The van der Waals surface area contributed by atoms with Gasteiger partial charge in [0.1, 0.15) is 48.3 Å². The quantitative estimate of drug-likeness (QED) is 0.0170. The van der Waals surface area contributed by atoms with Crippen LogP contribution in [0.15, 0.2) is 4.99 Å². The summed E-state index contributed by atoms with van der Waals surface area (Å²) in [6, 6.07) is -11.2. The van der Waals surface area contributed by atoms with Crippen molar-refractivity contribution in [2.24, 2.45) is 45.3 Å². The van der Waals surface area contributed by atoms with E-state index in [0.29, 0.717) is 25.0 Å². The van der Waals surface area contributed by atoms with Crippen molar-refractivity contribution in [3.63, 3.8) is 0 Å². The Morgan fingerprint density at radius 1 is 0.716 bits per heavy atom. The zero-order valence-corrected chi connectivity index (χ0v) is 39.4. The van der Waals surface area contributed by atoms with E-state index in [0.717, 1.165) is 0 Å². The number of likely N-dealkylation sites (tertiary alicyclic amines) is 1. The maximum absolute atomic E-state index is 14.4. The smallest absolute Gasteiger partial charge is 0.326 e. The molecule has 380 valence electrons. The minimum Gasteiger partial charge on any atom is -0.480 e. The molecule has 1 saturated heterocycles. The Kier molecular flexibility index (Phi) is 26.9. The summed E-state index contributed by atoms with van der Waals surface area (Å²) < 4.78 is 0. The molecule has 9 amide bonds. The van der Waals surface area contributed by atoms with Gasteiger partial charge in [0.05, 0.1) is 18.9 Å². The van der Waals surface area contributed by atoms with Crippen LogP contribution in [0.2, 0.25) is 0 Å². The van der Waals surface area contributed by atoms with Crippen LogP contribution in [-0.2, 0) is 47.9 Å². The summed E-state index contributed by atoms with van der Waals surface area (Å²) >= 11 is 1.39. The highest BCUT2D eigenvalue weighted by Gasteiger charge is 2.41. The summed E-state index contributed by atoms with van der Waals surface area (Å²) in [6.07, 6.45) is 0.724. The summed E-state index contributed by atoms with van der Waals surface area (Å²) in [5.41, 5.74) is 32.9. The third kappa shape index (κ3) is 21.1. The average Bonchev–Trinajstić information content (AvgIpc) is 3.76. The number of amides is 9. The molecule has 1 fully saturated rings. The molecular weight excluding hydrogens is 901 g/mol. The number of nitrogens with one attached hydrogen (secondary N) is 6. The molecule has 0 saturated carbocycles. The Hall–Kier alpha value is -5.80. The van der Waals surface area contributed by atoms with Crippen LogP contribution < -0.4 is 66.3 Å². The number of thioether (sulfide) groups is 1. The van der Waals surface area contributed by atoms with Gasteiger partial charge in [0.2, 0.25) is 53.2 Å². The monoisotopic (exact) mass is 973 g/mol. The van der Waals surface area contributed by atoms with Crippen molar-refractivity contribution in [3.05, 3.63) is 0 Å². The van der Waals surface area contributed by atoms with Crippen molar-refractivity contribution in [3.8, 4) is 0 Å². The van der Waals surface area contributed by atoms with Crippen molar-refractivity contribution >= 4 is 76.9 Å². The number of primary amides is 2. The molecule has 0 spiro atoms. The van der Waals surface area contributed by atoms with E-state index in [9.17, 15) is 58.2 Å². The number of guanidine groups is 1. The van der Waals surface area contributed by atoms with Gasteiger partial charge in [-0.3, -0.25) is 48.1 Å². The number of hydrogen-bond donors (Lipinski definition) is 14. The summed E-state index contributed by atoms with van der Waals surface area (Å²) in [4.78, 5) is 137. The van der Waals surface area contributed by atoms with Gasteiger partial charge in [0.15, 0.2) is 5.96 Å². The summed E-state index contributed by atoms with van der Waals surface area (Å²) in [5.74, 6) is -9.88. The Morgan fingerprint density at radius 3 is 1.73 bits per heavy atom. The van der Waals surface area contributed by atoms with Crippen LogP contribution in [0.4, 0.5) is 0 Å². The van der Waals surface area contributed by atoms with Crippen LogP contribution in [0.5, 0.6) is 0 Å². The van der Waals surface area contributed by atoms with Crippen molar-refractivity contribution in [1.82, 2.24) is 36.8 Å². The van der Waals surface area contributed by atoms with E-state index in [-0.39, 0.29) is 64.1 Å². The highest BCUT2D eigenvalue weighted by atomic mass is 32.2. The summed E-state index contributed by atoms with van der Waals surface area (Å²) in [5, 5.41) is 34.2. The number of nitrogens with two attached hydrogens (primary N) is 6. The molecule has 0 bridgehead atoms. The normalized spacial score (nSPS) is 17.4. The molecule has 1 aliphatic rings. The molecule has 1 aliphatic heterocycles. The summed E-state index contributed by atoms with van der Waals surface area (Å²) in [6.45, 7) is 5.00. The molecule has 0 aromatic rings. The van der Waals surface area contributed by atoms with Crippen LogP contribution >= 0.6 is 11.8 Å². The predicted octanol–water partition coefficient (Wildman–Crippen LogP) is -5.59. The van der Waals surface area contributed by atoms with E-state index in [1.807, 2.05) is 0 Å². The lowest BCUT2D eigenvalue weighted by atomic mass is 9.96. The molecule has 0 aromatic carbocycles. The Bertz CT molecular complexity index is 1750. The second-order valence-corrected chi connectivity index (χ2v) is 17.3. The van der Waals surface area contributed by atoms with Crippen LogP contribution in [0, 0.1) is 5.92 Å². The zero-order valence-electron chi connectivity index (χ0n) is 38.6. The topological polar surface area (TPSA) is 455 Å². The minimum absolute atomic E-state index is 0.00313. The van der Waals surface area contributed by atoms with Gasteiger partial charge < -0.3 is 81.4 Å². The number of aliphatic carboxylic acids is 1. The molecule has 1 heterocycles. The zero-order chi connectivity index (χ0) is 51.0. The fraction of sp³-hybridized carbons (Fsp3) is 0.725. The second-order valence-electron chi connectivity index (χ2n) is 16.3. The van der Waals surface area contributed by atoms with E-state index in [1.165, 1.54) is 23.6 Å². The number of hydrogen-bond acceptors (Lipinski definition) is 15. The Morgan fingerprint density at radius 2 is 1.22 bits per heavy atom. The van der Waals surface area contributed by atoms with Gasteiger partial charge in [0, 0.05) is 13.1 Å². The van der Waals surface area contributed by atoms with E-state index in [1.54, 1.807) is 20.1 Å².